The number of anilines is 2. The van der Waals surface area contributed by atoms with Crippen LogP contribution < -0.4 is 10.2 Å². The van der Waals surface area contributed by atoms with Gasteiger partial charge in [-0.15, -0.1) is 0 Å². The van der Waals surface area contributed by atoms with Crippen LogP contribution in [0.5, 0.6) is 0 Å². The molecule has 2 aromatic heterocycles. The number of pyridine rings is 2. The Morgan fingerprint density at radius 2 is 1.94 bits per heavy atom. The second kappa shape index (κ2) is 9.69. The summed E-state index contributed by atoms with van der Waals surface area (Å²) in [5.74, 6) is -2.87. The number of hydrogen-bond donors (Lipinski definition) is 2. The number of nitrogens with zero attached hydrogens (tertiary/aromatic N) is 3. The average molecular weight is 500 g/mol. The van der Waals surface area contributed by atoms with E-state index in [1.54, 1.807) is 48.5 Å². The van der Waals surface area contributed by atoms with Crippen molar-refractivity contribution in [2.45, 2.75) is 37.0 Å². The van der Waals surface area contributed by atoms with Crippen molar-refractivity contribution >= 4 is 27.1 Å². The molecule has 4 rings (SSSR count). The van der Waals surface area contributed by atoms with Gasteiger partial charge in [0.05, 0.1) is 21.0 Å². The molecule has 1 aromatic carbocycles. The lowest BCUT2D eigenvalue weighted by Gasteiger charge is -2.26. The van der Waals surface area contributed by atoms with Gasteiger partial charge in [0.2, 0.25) is 5.92 Å². The number of hydrogen-bond acceptors (Lipinski definition) is 6. The largest absolute Gasteiger partial charge is 0.356 e. The molecule has 1 fully saturated rings. The Labute approximate surface area is 203 Å². The summed E-state index contributed by atoms with van der Waals surface area (Å²) in [6, 6.07) is 11.8. The number of benzene rings is 1. The molecule has 1 aliphatic heterocycles. The van der Waals surface area contributed by atoms with Crippen molar-refractivity contribution in [3.8, 4) is 11.3 Å². The van der Waals surface area contributed by atoms with Crippen LogP contribution in [-0.4, -0.2) is 45.4 Å². The standard InChI is InChI=1S/C25H27F2N5O2S/c1-17-20(21-9-3-4-12-29-21)16-30-23(32-13-6-10-25(26,27)11-14-32)22(17)24(33)31-18-7-5-8-19(15-18)35(2,28)34/h3-5,7-9,12,15-16,28H,6,10-11,13-14H2,1-2H3,(H,31,33). The third-order valence-corrected chi connectivity index (χ3v) is 7.20. The molecule has 1 unspecified atom stereocenters. The summed E-state index contributed by atoms with van der Waals surface area (Å²) in [7, 11) is -2.97. The third kappa shape index (κ3) is 5.64. The van der Waals surface area contributed by atoms with Crippen LogP contribution in [0, 0.1) is 11.7 Å². The normalized spacial score (nSPS) is 17.3. The van der Waals surface area contributed by atoms with E-state index in [-0.39, 0.29) is 31.4 Å². The fourth-order valence-electron chi connectivity index (χ4n) is 4.17. The van der Waals surface area contributed by atoms with E-state index in [2.05, 4.69) is 15.3 Å². The highest BCUT2D eigenvalue weighted by Crippen LogP contribution is 2.34. The Kier molecular flexibility index (Phi) is 6.84. The molecule has 1 atom stereocenters. The maximum absolute atomic E-state index is 14.0. The molecule has 0 bridgehead atoms. The Morgan fingerprint density at radius 3 is 2.66 bits per heavy atom. The second-order valence-corrected chi connectivity index (χ2v) is 10.9. The molecule has 1 aliphatic rings. The highest BCUT2D eigenvalue weighted by atomic mass is 32.2. The number of carbonyl (C=O) groups excluding carboxylic acids is 1. The van der Waals surface area contributed by atoms with Crippen LogP contribution in [0.15, 0.2) is 59.8 Å². The molecule has 3 heterocycles. The van der Waals surface area contributed by atoms with Gasteiger partial charge in [0, 0.05) is 60.7 Å². The number of alkyl halides is 2. The summed E-state index contributed by atoms with van der Waals surface area (Å²) < 4.78 is 48.0. The highest BCUT2D eigenvalue weighted by molar-refractivity contribution is 7.91. The van der Waals surface area contributed by atoms with E-state index in [1.807, 2.05) is 12.1 Å². The van der Waals surface area contributed by atoms with Gasteiger partial charge < -0.3 is 10.2 Å². The van der Waals surface area contributed by atoms with Crippen molar-refractivity contribution in [1.29, 1.82) is 4.78 Å². The molecular weight excluding hydrogens is 472 g/mol. The average Bonchev–Trinajstić information content (AvgIpc) is 2.99. The lowest BCUT2D eigenvalue weighted by atomic mass is 10.0. The smallest absolute Gasteiger partial charge is 0.259 e. The summed E-state index contributed by atoms with van der Waals surface area (Å²) >= 11 is 0. The lowest BCUT2D eigenvalue weighted by Crippen LogP contribution is -2.30. The maximum Gasteiger partial charge on any atom is 0.259 e. The van der Waals surface area contributed by atoms with Crippen LogP contribution >= 0.6 is 0 Å². The number of nitrogens with one attached hydrogen (secondary N) is 2. The summed E-state index contributed by atoms with van der Waals surface area (Å²) in [5.41, 5.74) is 2.58. The van der Waals surface area contributed by atoms with Crippen molar-refractivity contribution in [1.82, 2.24) is 9.97 Å². The topological polar surface area (TPSA) is 99.0 Å². The lowest BCUT2D eigenvalue weighted by molar-refractivity contribution is -0.0102. The van der Waals surface area contributed by atoms with Crippen molar-refractivity contribution in [3.05, 3.63) is 66.0 Å². The zero-order chi connectivity index (χ0) is 25.2. The minimum absolute atomic E-state index is 0.0783. The van der Waals surface area contributed by atoms with Gasteiger partial charge in [0.1, 0.15) is 5.82 Å². The predicted molar refractivity (Wildman–Crippen MR) is 133 cm³/mol. The number of amides is 1. The van der Waals surface area contributed by atoms with Gasteiger partial charge in [-0.1, -0.05) is 12.1 Å². The fourth-order valence-corrected chi connectivity index (χ4v) is 4.86. The van der Waals surface area contributed by atoms with Crippen LogP contribution in [0.25, 0.3) is 11.3 Å². The van der Waals surface area contributed by atoms with Gasteiger partial charge in [0.15, 0.2) is 0 Å². The van der Waals surface area contributed by atoms with Crippen LogP contribution in [0.1, 0.15) is 35.2 Å². The Bertz CT molecular complexity index is 1350. The van der Waals surface area contributed by atoms with Crippen LogP contribution in [-0.2, 0) is 9.73 Å². The Balaban J connectivity index is 1.77. The zero-order valence-electron chi connectivity index (χ0n) is 19.6. The van der Waals surface area contributed by atoms with Gasteiger partial charge in [-0.3, -0.25) is 9.78 Å². The van der Waals surface area contributed by atoms with E-state index in [0.717, 1.165) is 0 Å². The van der Waals surface area contributed by atoms with E-state index in [9.17, 15) is 17.8 Å². The van der Waals surface area contributed by atoms with Crippen LogP contribution in [0.3, 0.4) is 0 Å². The molecule has 1 saturated heterocycles. The molecule has 184 valence electrons. The van der Waals surface area contributed by atoms with Crippen molar-refractivity contribution < 1.29 is 17.8 Å². The van der Waals surface area contributed by atoms with Gasteiger partial charge in [-0.2, -0.15) is 0 Å². The van der Waals surface area contributed by atoms with Crippen LogP contribution in [0.2, 0.25) is 0 Å². The first-order chi connectivity index (χ1) is 16.5. The molecular formula is C25H27F2N5O2S. The number of carbonyl (C=O) groups is 1. The summed E-state index contributed by atoms with van der Waals surface area (Å²) in [6.07, 6.45) is 4.35. The number of halogens is 2. The van der Waals surface area contributed by atoms with E-state index in [1.165, 1.54) is 12.3 Å². The van der Waals surface area contributed by atoms with Crippen LogP contribution in [0.4, 0.5) is 20.3 Å². The Hall–Kier alpha value is -3.40. The molecule has 3 aromatic rings. The molecule has 0 aliphatic carbocycles. The summed E-state index contributed by atoms with van der Waals surface area (Å²) in [4.78, 5) is 24.6. The molecule has 35 heavy (non-hydrogen) atoms. The molecule has 2 N–H and O–H groups in total. The summed E-state index contributed by atoms with van der Waals surface area (Å²) in [6.45, 7) is 2.22. The van der Waals surface area contributed by atoms with Gasteiger partial charge in [0.25, 0.3) is 5.91 Å². The number of rotatable bonds is 5. The van der Waals surface area contributed by atoms with Crippen molar-refractivity contribution in [3.63, 3.8) is 0 Å². The van der Waals surface area contributed by atoms with Crippen molar-refractivity contribution in [2.24, 2.45) is 0 Å². The Morgan fingerprint density at radius 1 is 1.14 bits per heavy atom. The van der Waals surface area contributed by atoms with Gasteiger partial charge in [-0.25, -0.2) is 22.8 Å². The first kappa shape index (κ1) is 24.7. The van der Waals surface area contributed by atoms with Gasteiger partial charge >= 0.3 is 0 Å². The first-order valence-electron chi connectivity index (χ1n) is 11.2. The maximum atomic E-state index is 14.0. The van der Waals surface area contributed by atoms with Gasteiger partial charge in [-0.05, 0) is 49.2 Å². The van der Waals surface area contributed by atoms with E-state index >= 15 is 0 Å². The molecule has 1 amide bonds. The quantitative estimate of drug-likeness (QED) is 0.492. The zero-order valence-corrected chi connectivity index (χ0v) is 20.4. The fraction of sp³-hybridized carbons (Fsp3) is 0.320. The third-order valence-electron chi connectivity index (χ3n) is 6.05. The second-order valence-electron chi connectivity index (χ2n) is 8.73. The molecule has 10 heteroatoms. The minimum Gasteiger partial charge on any atom is -0.356 e. The monoisotopic (exact) mass is 499 g/mol. The highest BCUT2D eigenvalue weighted by Gasteiger charge is 2.33. The summed E-state index contributed by atoms with van der Waals surface area (Å²) in [5, 5.41) is 2.82. The minimum atomic E-state index is -2.97. The van der Waals surface area contributed by atoms with E-state index < -0.39 is 21.6 Å². The van der Waals surface area contributed by atoms with Crippen molar-refractivity contribution in [2.75, 3.05) is 29.6 Å². The molecule has 0 radical (unpaired) electrons. The first-order valence-corrected chi connectivity index (χ1v) is 13.2. The number of aromatic nitrogens is 2. The molecule has 0 saturated carbocycles. The predicted octanol–water partition coefficient (Wildman–Crippen LogP) is 5.37. The van der Waals surface area contributed by atoms with E-state index in [0.29, 0.717) is 39.8 Å². The molecule has 7 nitrogen and oxygen atoms in total. The SMILES string of the molecule is Cc1c(-c2ccccn2)cnc(N2CCCC(F)(F)CC2)c1C(=O)Nc1cccc(S(C)(=N)=O)c1. The van der Waals surface area contributed by atoms with E-state index in [4.69, 9.17) is 4.78 Å². The molecule has 0 spiro atoms.